The minimum Gasteiger partial charge on any atom is -0.324 e. The highest BCUT2D eigenvalue weighted by Crippen LogP contribution is 2.23. The molecule has 8 heteroatoms. The van der Waals surface area contributed by atoms with Gasteiger partial charge in [-0.2, -0.15) is 4.31 Å². The van der Waals surface area contributed by atoms with E-state index in [1.807, 2.05) is 30.3 Å². The second kappa shape index (κ2) is 9.54. The highest BCUT2D eigenvalue weighted by molar-refractivity contribution is 9.10. The maximum atomic E-state index is 13.2. The molecule has 0 aliphatic rings. The standard InChI is InChI=1S/C21H18BrClN2O3S/c22-17-10-12-18(13-11-17)29(27,28)25(14-16-6-2-1-3-7-16)15-21(26)24-20-9-5-4-8-19(20)23/h1-13H,14-15H2,(H,24,26). The minimum atomic E-state index is -3.89. The second-order valence-electron chi connectivity index (χ2n) is 6.24. The van der Waals surface area contributed by atoms with E-state index in [9.17, 15) is 13.2 Å². The van der Waals surface area contributed by atoms with Gasteiger partial charge in [0.1, 0.15) is 0 Å². The van der Waals surface area contributed by atoms with Gasteiger partial charge in [-0.25, -0.2) is 8.42 Å². The van der Waals surface area contributed by atoms with E-state index >= 15 is 0 Å². The Kier molecular flexibility index (Phi) is 7.08. The summed E-state index contributed by atoms with van der Waals surface area (Å²) >= 11 is 9.39. The Morgan fingerprint density at radius 2 is 1.55 bits per heavy atom. The molecule has 29 heavy (non-hydrogen) atoms. The third-order valence-electron chi connectivity index (χ3n) is 4.12. The van der Waals surface area contributed by atoms with Crippen LogP contribution in [-0.4, -0.2) is 25.2 Å². The molecule has 0 saturated carbocycles. The molecule has 0 atom stereocenters. The molecule has 0 unspecified atom stereocenters. The number of carbonyl (C=O) groups excluding carboxylic acids is 1. The summed E-state index contributed by atoms with van der Waals surface area (Å²) in [5, 5.41) is 3.06. The van der Waals surface area contributed by atoms with E-state index in [0.717, 1.165) is 14.3 Å². The Balaban J connectivity index is 1.87. The first-order chi connectivity index (χ1) is 13.9. The fourth-order valence-corrected chi connectivity index (χ4v) is 4.51. The molecule has 3 aromatic carbocycles. The number of hydrogen-bond acceptors (Lipinski definition) is 3. The fraction of sp³-hybridized carbons (Fsp3) is 0.0952. The van der Waals surface area contributed by atoms with Gasteiger partial charge >= 0.3 is 0 Å². The molecule has 0 aliphatic carbocycles. The summed E-state index contributed by atoms with van der Waals surface area (Å²) in [5.41, 5.74) is 1.21. The van der Waals surface area contributed by atoms with Gasteiger partial charge in [0.2, 0.25) is 15.9 Å². The maximum Gasteiger partial charge on any atom is 0.243 e. The Morgan fingerprint density at radius 3 is 2.21 bits per heavy atom. The van der Waals surface area contributed by atoms with Crippen molar-refractivity contribution in [1.29, 1.82) is 0 Å². The van der Waals surface area contributed by atoms with Crippen molar-refractivity contribution >= 4 is 49.1 Å². The van der Waals surface area contributed by atoms with Crippen LogP contribution in [0.2, 0.25) is 5.02 Å². The Hall–Kier alpha value is -2.19. The van der Waals surface area contributed by atoms with Crippen LogP contribution < -0.4 is 5.32 Å². The zero-order valence-electron chi connectivity index (χ0n) is 15.3. The van der Waals surface area contributed by atoms with E-state index < -0.39 is 15.9 Å². The van der Waals surface area contributed by atoms with E-state index in [1.54, 1.807) is 36.4 Å². The van der Waals surface area contributed by atoms with Gasteiger partial charge in [0.05, 0.1) is 22.2 Å². The lowest BCUT2D eigenvalue weighted by atomic mass is 10.2. The summed E-state index contributed by atoms with van der Waals surface area (Å²) in [6, 6.07) is 22.2. The molecule has 1 N–H and O–H groups in total. The van der Waals surface area contributed by atoms with Crippen molar-refractivity contribution in [2.45, 2.75) is 11.4 Å². The SMILES string of the molecule is O=C(CN(Cc1ccccc1)S(=O)(=O)c1ccc(Br)cc1)Nc1ccccc1Cl. The van der Waals surface area contributed by atoms with Gasteiger partial charge in [0.25, 0.3) is 0 Å². The van der Waals surface area contributed by atoms with Crippen LogP contribution in [0, 0.1) is 0 Å². The number of nitrogens with one attached hydrogen (secondary N) is 1. The number of amides is 1. The van der Waals surface area contributed by atoms with E-state index in [1.165, 1.54) is 12.1 Å². The lowest BCUT2D eigenvalue weighted by Crippen LogP contribution is -2.37. The number of para-hydroxylation sites is 1. The second-order valence-corrected chi connectivity index (χ2v) is 9.50. The van der Waals surface area contributed by atoms with Gasteiger partial charge in [-0.1, -0.05) is 70.0 Å². The summed E-state index contributed by atoms with van der Waals surface area (Å²) in [6.45, 7) is -0.284. The highest BCUT2D eigenvalue weighted by Gasteiger charge is 2.27. The minimum absolute atomic E-state index is 0.0647. The van der Waals surface area contributed by atoms with Crippen LogP contribution in [0.25, 0.3) is 0 Å². The average Bonchev–Trinajstić information content (AvgIpc) is 2.70. The quantitative estimate of drug-likeness (QED) is 0.507. The monoisotopic (exact) mass is 492 g/mol. The van der Waals surface area contributed by atoms with Crippen LogP contribution in [0.4, 0.5) is 5.69 Å². The van der Waals surface area contributed by atoms with Gasteiger partial charge in [-0.3, -0.25) is 4.79 Å². The summed E-state index contributed by atoms with van der Waals surface area (Å²) < 4.78 is 28.3. The largest absolute Gasteiger partial charge is 0.324 e. The van der Waals surface area contributed by atoms with E-state index in [4.69, 9.17) is 11.6 Å². The van der Waals surface area contributed by atoms with Crippen molar-refractivity contribution in [3.63, 3.8) is 0 Å². The lowest BCUT2D eigenvalue weighted by molar-refractivity contribution is -0.116. The molecule has 1 amide bonds. The van der Waals surface area contributed by atoms with Crippen LogP contribution in [0.3, 0.4) is 0 Å². The Labute approximate surface area is 183 Å². The average molecular weight is 494 g/mol. The summed E-state index contributed by atoms with van der Waals surface area (Å²) in [7, 11) is -3.89. The molecule has 150 valence electrons. The molecular weight excluding hydrogens is 476 g/mol. The van der Waals surface area contributed by atoms with Crippen LogP contribution in [0.5, 0.6) is 0 Å². The smallest absolute Gasteiger partial charge is 0.243 e. The van der Waals surface area contributed by atoms with Gasteiger partial charge < -0.3 is 5.32 Å². The Bertz CT molecular complexity index is 1090. The molecule has 3 aromatic rings. The number of sulfonamides is 1. The number of rotatable bonds is 7. The molecular formula is C21H18BrClN2O3S. The topological polar surface area (TPSA) is 66.5 Å². The number of carbonyl (C=O) groups is 1. The van der Waals surface area contributed by atoms with Crippen LogP contribution in [-0.2, 0) is 21.4 Å². The van der Waals surface area contributed by atoms with Crippen molar-refractivity contribution in [1.82, 2.24) is 4.31 Å². The third kappa shape index (κ3) is 5.67. The number of hydrogen-bond donors (Lipinski definition) is 1. The van der Waals surface area contributed by atoms with E-state index in [0.29, 0.717) is 10.7 Å². The van der Waals surface area contributed by atoms with Crippen molar-refractivity contribution < 1.29 is 13.2 Å². The first-order valence-electron chi connectivity index (χ1n) is 8.70. The zero-order chi connectivity index (χ0) is 20.9. The predicted molar refractivity (Wildman–Crippen MR) is 118 cm³/mol. The van der Waals surface area contributed by atoms with E-state index in [2.05, 4.69) is 21.2 Å². The predicted octanol–water partition coefficient (Wildman–Crippen LogP) is 4.93. The molecule has 0 spiro atoms. The van der Waals surface area contributed by atoms with Crippen molar-refractivity contribution in [3.8, 4) is 0 Å². The van der Waals surface area contributed by atoms with Crippen molar-refractivity contribution in [3.05, 3.63) is 93.9 Å². The Morgan fingerprint density at radius 1 is 0.931 bits per heavy atom. The van der Waals surface area contributed by atoms with Crippen LogP contribution in [0.1, 0.15) is 5.56 Å². The number of anilines is 1. The zero-order valence-corrected chi connectivity index (χ0v) is 18.4. The number of benzene rings is 3. The lowest BCUT2D eigenvalue weighted by Gasteiger charge is -2.22. The van der Waals surface area contributed by atoms with Gasteiger partial charge in [0, 0.05) is 11.0 Å². The maximum absolute atomic E-state index is 13.2. The number of nitrogens with zero attached hydrogens (tertiary/aromatic N) is 1. The fourth-order valence-electron chi connectivity index (χ4n) is 2.68. The summed E-state index contributed by atoms with van der Waals surface area (Å²) in [4.78, 5) is 12.7. The van der Waals surface area contributed by atoms with Gasteiger partial charge in [0.15, 0.2) is 0 Å². The molecule has 0 aliphatic heterocycles. The molecule has 3 rings (SSSR count). The molecule has 0 saturated heterocycles. The van der Waals surface area contributed by atoms with Gasteiger partial charge in [-0.05, 0) is 42.0 Å². The number of halogens is 2. The normalized spacial score (nSPS) is 11.4. The molecule has 0 radical (unpaired) electrons. The molecule has 0 bridgehead atoms. The first-order valence-corrected chi connectivity index (χ1v) is 11.3. The molecule has 0 fully saturated rings. The van der Waals surface area contributed by atoms with Crippen LogP contribution in [0.15, 0.2) is 88.2 Å². The van der Waals surface area contributed by atoms with Crippen molar-refractivity contribution in [2.75, 3.05) is 11.9 Å². The molecule has 0 heterocycles. The van der Waals surface area contributed by atoms with Crippen LogP contribution >= 0.6 is 27.5 Å². The van der Waals surface area contributed by atoms with Crippen molar-refractivity contribution in [2.24, 2.45) is 0 Å². The van der Waals surface area contributed by atoms with Gasteiger partial charge in [-0.15, -0.1) is 0 Å². The molecule has 5 nitrogen and oxygen atoms in total. The van der Waals surface area contributed by atoms with E-state index in [-0.39, 0.29) is 18.0 Å². The first kappa shape index (κ1) is 21.5. The molecule has 0 aromatic heterocycles. The summed E-state index contributed by atoms with van der Waals surface area (Å²) in [5.74, 6) is -0.477. The summed E-state index contributed by atoms with van der Waals surface area (Å²) in [6.07, 6.45) is 0. The highest BCUT2D eigenvalue weighted by atomic mass is 79.9. The third-order valence-corrected chi connectivity index (χ3v) is 6.79.